The van der Waals surface area contributed by atoms with E-state index < -0.39 is 5.91 Å². The van der Waals surface area contributed by atoms with Crippen molar-refractivity contribution in [1.82, 2.24) is 19.6 Å². The minimum Gasteiger partial charge on any atom is -0.594 e. The molecule has 0 saturated carbocycles. The van der Waals surface area contributed by atoms with Gasteiger partial charge >= 0.3 is 0 Å². The van der Waals surface area contributed by atoms with E-state index in [-0.39, 0.29) is 35.4 Å². The molecule has 2 aliphatic rings. The number of benzene rings is 4. The summed E-state index contributed by atoms with van der Waals surface area (Å²) in [6.07, 6.45) is 1.34. The summed E-state index contributed by atoms with van der Waals surface area (Å²) in [6.45, 7) is 2.57. The lowest BCUT2D eigenvalue weighted by molar-refractivity contribution is -0.435. The van der Waals surface area contributed by atoms with E-state index in [9.17, 15) is 24.4 Å². The number of hydrogen-bond donors (Lipinski definition) is 2. The average molecular weight is 751 g/mol. The third-order valence-electron chi connectivity index (χ3n) is 9.81. The molecule has 3 N–H and O–H groups in total. The molecule has 0 unspecified atom stereocenters. The number of azo groups is 1. The highest BCUT2D eigenvalue weighted by molar-refractivity contribution is 6.10. The van der Waals surface area contributed by atoms with Gasteiger partial charge in [-0.15, -0.1) is 5.10 Å². The van der Waals surface area contributed by atoms with E-state index in [2.05, 4.69) is 20.6 Å². The molecule has 0 spiro atoms. The Bertz CT molecular complexity index is 2540. The Morgan fingerprint density at radius 3 is 1.88 bits per heavy atom. The largest absolute Gasteiger partial charge is 0.594 e. The van der Waals surface area contributed by atoms with Crippen LogP contribution >= 0.6 is 0 Å². The minimum absolute atomic E-state index is 0.0663. The Labute approximate surface area is 319 Å². The molecule has 0 bridgehead atoms. The van der Waals surface area contributed by atoms with Crippen molar-refractivity contribution in [2.24, 2.45) is 10.8 Å². The molecule has 8 rings (SSSR count). The van der Waals surface area contributed by atoms with Crippen LogP contribution in [0, 0.1) is 12.1 Å². The van der Waals surface area contributed by atoms with Crippen LogP contribution in [0.1, 0.15) is 48.2 Å². The minimum atomic E-state index is -0.706. The number of anilines is 3. The summed E-state index contributed by atoms with van der Waals surface area (Å²) >= 11 is 0. The lowest BCUT2D eigenvalue weighted by atomic mass is 10.0. The molecule has 0 radical (unpaired) electrons. The number of hydrogen-bond acceptors (Lipinski definition) is 9. The van der Waals surface area contributed by atoms with Crippen molar-refractivity contribution < 1.29 is 28.8 Å². The molecule has 0 saturated heterocycles. The Kier molecular flexibility index (Phi) is 9.05. The van der Waals surface area contributed by atoms with Gasteiger partial charge in [0.15, 0.2) is 11.5 Å². The molecule has 6 aromatic rings. The second kappa shape index (κ2) is 14.3. The lowest BCUT2D eigenvalue weighted by Crippen LogP contribution is -2.39. The number of carbonyl (C=O) groups is 4. The van der Waals surface area contributed by atoms with Gasteiger partial charge in [0.05, 0.1) is 18.5 Å². The van der Waals surface area contributed by atoms with Crippen LogP contribution in [-0.4, -0.2) is 68.8 Å². The van der Waals surface area contributed by atoms with Gasteiger partial charge in [-0.3, -0.25) is 19.2 Å². The fourth-order valence-corrected chi connectivity index (χ4v) is 6.99. The number of aryl methyl sites for hydroxylation is 1. The van der Waals surface area contributed by atoms with Crippen molar-refractivity contribution in [1.29, 1.82) is 0 Å². The Balaban J connectivity index is 0.999. The summed E-state index contributed by atoms with van der Waals surface area (Å²) in [5, 5.41) is 28.9. The molecule has 4 heterocycles. The van der Waals surface area contributed by atoms with Gasteiger partial charge in [-0.05, 0) is 92.6 Å². The number of aromatic nitrogens is 4. The van der Waals surface area contributed by atoms with Crippen LogP contribution in [0.2, 0.25) is 0 Å². The Morgan fingerprint density at radius 1 is 0.786 bits per heavy atom. The zero-order valence-corrected chi connectivity index (χ0v) is 30.2. The number of methoxy groups -OCH3 is 1. The number of primary amides is 1. The van der Waals surface area contributed by atoms with Gasteiger partial charge < -0.3 is 30.8 Å². The predicted molar refractivity (Wildman–Crippen MR) is 206 cm³/mol. The predicted octanol–water partition coefficient (Wildman–Crippen LogP) is 5.37. The maximum absolute atomic E-state index is 13.9. The molecule has 16 heteroatoms. The number of ether oxygens (including phenoxy) is 1. The molecule has 4 aromatic carbocycles. The number of nitrogens with two attached hydrogens (primary N) is 1. The summed E-state index contributed by atoms with van der Waals surface area (Å²) in [7, 11) is 1.56. The number of rotatable bonds is 10. The summed E-state index contributed by atoms with van der Waals surface area (Å²) in [5.41, 5.74) is 11.4. The van der Waals surface area contributed by atoms with Gasteiger partial charge in [-0.25, -0.2) is 9.36 Å². The van der Waals surface area contributed by atoms with Gasteiger partial charge in [-0.1, -0.05) is 22.6 Å². The standard InChI is InChI=1S/C40H34N10O6/c1-24-3-7-28(8-4-24)48-35-32(34(44-48)37(41)52)19-21-46(39(35)53)27-11-13-30(14-12-27)50(55)43-25-5-9-26(10-6-25)47-22-20-33-36(40(47)54)49(45-38(33)42-23-51)29-15-17-31(56-2)18-16-29/h3-18,23H,19-22H2,1-2H3,(H2,41,52)(H,42,45,51)/b50-43-. The molecule has 2 aliphatic heterocycles. The highest BCUT2D eigenvalue weighted by atomic mass is 16.5. The van der Waals surface area contributed by atoms with Crippen LogP contribution in [0.5, 0.6) is 5.75 Å². The Hall–Kier alpha value is -7.62. The van der Waals surface area contributed by atoms with E-state index in [0.29, 0.717) is 87.5 Å². The first kappa shape index (κ1) is 35.4. The van der Waals surface area contributed by atoms with Crippen LogP contribution in [-0.2, 0) is 17.6 Å². The quantitative estimate of drug-likeness (QED) is 0.0806. The van der Waals surface area contributed by atoms with Crippen molar-refractivity contribution in [3.05, 3.63) is 136 Å². The number of nitrogens with one attached hydrogen (secondary N) is 1. The van der Waals surface area contributed by atoms with Gasteiger partial charge in [-0.2, -0.15) is 5.10 Å². The van der Waals surface area contributed by atoms with E-state index in [4.69, 9.17) is 10.5 Å². The molecule has 0 aliphatic carbocycles. The van der Waals surface area contributed by atoms with Gasteiger partial charge in [0, 0.05) is 52.8 Å². The van der Waals surface area contributed by atoms with Crippen LogP contribution in [0.15, 0.2) is 102 Å². The molecule has 0 fully saturated rings. The van der Waals surface area contributed by atoms with E-state index in [0.717, 1.165) is 5.56 Å². The fraction of sp³-hybridized carbons (Fsp3) is 0.150. The molecule has 280 valence electrons. The van der Waals surface area contributed by atoms with E-state index in [1.54, 1.807) is 89.7 Å². The number of fused-ring (bicyclic) bond motifs is 2. The summed E-state index contributed by atoms with van der Waals surface area (Å²) in [6, 6.07) is 27.6. The zero-order chi connectivity index (χ0) is 39.1. The molecule has 2 aromatic heterocycles. The van der Waals surface area contributed by atoms with Crippen LogP contribution in [0.3, 0.4) is 0 Å². The number of amides is 4. The monoisotopic (exact) mass is 750 g/mol. The smallest absolute Gasteiger partial charge is 0.277 e. The topological polar surface area (TPSA) is 196 Å². The summed E-state index contributed by atoms with van der Waals surface area (Å²) in [4.78, 5) is 55.1. The summed E-state index contributed by atoms with van der Waals surface area (Å²) < 4.78 is 8.23. The molecule has 0 atom stereocenters. The van der Waals surface area contributed by atoms with Gasteiger partial charge in [0.25, 0.3) is 17.7 Å². The second-order valence-electron chi connectivity index (χ2n) is 13.2. The maximum Gasteiger partial charge on any atom is 0.277 e. The first-order valence-electron chi connectivity index (χ1n) is 17.6. The van der Waals surface area contributed by atoms with E-state index in [1.807, 2.05) is 31.2 Å². The van der Waals surface area contributed by atoms with Crippen LogP contribution in [0.25, 0.3) is 11.4 Å². The molecule has 4 amide bonds. The SMILES string of the molecule is COc1ccc(-n2nc(NC=O)c3c2C(=O)N(c2ccc(/N=[N+](\[O-])c4ccc(N5CCc6c(C(N)=O)nn(-c7ccc(C)cc7)c6C5=O)cc4)cc2)CC3)cc1. The Morgan fingerprint density at radius 2 is 1.30 bits per heavy atom. The van der Waals surface area contributed by atoms with Crippen LogP contribution < -0.4 is 25.6 Å². The van der Waals surface area contributed by atoms with Gasteiger partial charge in [0.2, 0.25) is 12.1 Å². The van der Waals surface area contributed by atoms with Gasteiger partial charge in [0.1, 0.15) is 22.8 Å². The maximum atomic E-state index is 13.9. The molecule has 16 nitrogen and oxygen atoms in total. The first-order chi connectivity index (χ1) is 27.1. The third kappa shape index (κ3) is 6.27. The number of carbonyl (C=O) groups excluding carboxylic acids is 4. The van der Waals surface area contributed by atoms with Crippen molar-refractivity contribution in [2.75, 3.05) is 35.3 Å². The zero-order valence-electron chi connectivity index (χ0n) is 30.2. The second-order valence-corrected chi connectivity index (χ2v) is 13.2. The highest BCUT2D eigenvalue weighted by Gasteiger charge is 2.35. The highest BCUT2D eigenvalue weighted by Crippen LogP contribution is 2.33. The number of nitrogens with zero attached hydrogens (tertiary/aromatic N) is 8. The van der Waals surface area contributed by atoms with E-state index >= 15 is 0 Å². The molecular weight excluding hydrogens is 717 g/mol. The summed E-state index contributed by atoms with van der Waals surface area (Å²) in [5.74, 6) is -0.401. The van der Waals surface area contributed by atoms with Crippen molar-refractivity contribution in [3.63, 3.8) is 0 Å². The van der Waals surface area contributed by atoms with E-state index in [1.165, 1.54) is 9.36 Å². The average Bonchev–Trinajstić information content (AvgIpc) is 3.79. The van der Waals surface area contributed by atoms with Crippen molar-refractivity contribution >= 4 is 52.7 Å². The third-order valence-corrected chi connectivity index (χ3v) is 9.81. The normalized spacial score (nSPS) is 14.0. The first-order valence-corrected chi connectivity index (χ1v) is 17.6. The van der Waals surface area contributed by atoms with Crippen LogP contribution in [0.4, 0.5) is 28.6 Å². The van der Waals surface area contributed by atoms with Crippen molar-refractivity contribution in [2.45, 2.75) is 19.8 Å². The fourth-order valence-electron chi connectivity index (χ4n) is 6.99. The lowest BCUT2D eigenvalue weighted by Gasteiger charge is -2.27. The molecular formula is C40H34N10O6. The molecule has 56 heavy (non-hydrogen) atoms. The van der Waals surface area contributed by atoms with Crippen molar-refractivity contribution in [3.8, 4) is 17.1 Å².